The zero-order chi connectivity index (χ0) is 16.9. The molecule has 3 aromatic rings. The maximum Gasteiger partial charge on any atom is 0.316 e. The van der Waals surface area contributed by atoms with Crippen LogP contribution in [-0.2, 0) is 16.1 Å². The summed E-state index contributed by atoms with van der Waals surface area (Å²) in [6.07, 6.45) is 3.63. The topological polar surface area (TPSA) is 54.5 Å². The first-order valence-corrected chi connectivity index (χ1v) is 8.18. The van der Waals surface area contributed by atoms with Crippen molar-refractivity contribution in [2.24, 2.45) is 0 Å². The van der Waals surface area contributed by atoms with Gasteiger partial charge in [-0.1, -0.05) is 6.07 Å². The molecule has 0 spiro atoms. The van der Waals surface area contributed by atoms with Crippen LogP contribution in [0.25, 0.3) is 5.52 Å². The Kier molecular flexibility index (Phi) is 4.82. The number of nitriles is 1. The van der Waals surface area contributed by atoms with Crippen molar-refractivity contribution in [1.29, 1.82) is 5.26 Å². The van der Waals surface area contributed by atoms with Crippen LogP contribution in [-0.4, -0.2) is 16.1 Å². The molecule has 0 saturated carbocycles. The predicted molar refractivity (Wildman–Crippen MR) is 89.0 cm³/mol. The lowest BCUT2D eigenvalue weighted by Crippen LogP contribution is -2.07. The van der Waals surface area contributed by atoms with Crippen molar-refractivity contribution in [2.45, 2.75) is 11.5 Å². The molecule has 6 heteroatoms. The van der Waals surface area contributed by atoms with Crippen molar-refractivity contribution < 1.29 is 13.9 Å². The highest BCUT2D eigenvalue weighted by atomic mass is 32.2. The summed E-state index contributed by atoms with van der Waals surface area (Å²) in [5, 5.41) is 9.31. The van der Waals surface area contributed by atoms with E-state index in [-0.39, 0.29) is 24.1 Å². The zero-order valence-corrected chi connectivity index (χ0v) is 13.4. The average Bonchev–Trinajstić information content (AvgIpc) is 2.97. The smallest absolute Gasteiger partial charge is 0.316 e. The van der Waals surface area contributed by atoms with Crippen LogP contribution < -0.4 is 0 Å². The number of halogens is 1. The highest BCUT2D eigenvalue weighted by molar-refractivity contribution is 8.00. The monoisotopic (exact) mass is 340 g/mol. The predicted octanol–water partition coefficient (Wildman–Crippen LogP) is 3.79. The third kappa shape index (κ3) is 3.58. The molecule has 2 heterocycles. The number of hydrogen-bond acceptors (Lipinski definition) is 4. The number of nitrogens with zero attached hydrogens (tertiary/aromatic N) is 2. The Hall–Kier alpha value is -2.78. The van der Waals surface area contributed by atoms with Crippen molar-refractivity contribution in [3.63, 3.8) is 0 Å². The van der Waals surface area contributed by atoms with E-state index in [0.29, 0.717) is 11.1 Å². The number of ether oxygens (including phenoxy) is 1. The molecule has 0 amide bonds. The molecule has 0 radical (unpaired) electrons. The normalized spacial score (nSPS) is 10.5. The Bertz CT molecular complexity index is 913. The highest BCUT2D eigenvalue weighted by Crippen LogP contribution is 2.20. The van der Waals surface area contributed by atoms with Crippen LogP contribution in [0.15, 0.2) is 59.8 Å². The van der Waals surface area contributed by atoms with Gasteiger partial charge < -0.3 is 9.14 Å². The fourth-order valence-corrected chi connectivity index (χ4v) is 2.99. The van der Waals surface area contributed by atoms with Gasteiger partial charge in [-0.25, -0.2) is 4.39 Å². The van der Waals surface area contributed by atoms with E-state index in [1.54, 1.807) is 18.3 Å². The Balaban J connectivity index is 1.60. The number of hydrogen-bond donors (Lipinski definition) is 0. The van der Waals surface area contributed by atoms with Crippen molar-refractivity contribution >= 4 is 23.2 Å². The molecule has 0 atom stereocenters. The second-order valence-electron chi connectivity index (χ2n) is 5.04. The largest absolute Gasteiger partial charge is 0.460 e. The van der Waals surface area contributed by atoms with Crippen LogP contribution >= 0.6 is 11.8 Å². The van der Waals surface area contributed by atoms with Gasteiger partial charge in [0.15, 0.2) is 0 Å². The minimum absolute atomic E-state index is 0.0490. The van der Waals surface area contributed by atoms with E-state index >= 15 is 0 Å². The molecule has 2 aromatic heterocycles. The van der Waals surface area contributed by atoms with Gasteiger partial charge in [0.1, 0.15) is 18.5 Å². The van der Waals surface area contributed by atoms with E-state index < -0.39 is 0 Å². The molecule has 0 aliphatic heterocycles. The number of benzene rings is 1. The number of esters is 1. The minimum Gasteiger partial charge on any atom is -0.460 e. The van der Waals surface area contributed by atoms with E-state index in [4.69, 9.17) is 4.74 Å². The molecular weight excluding hydrogens is 327 g/mol. The molecule has 0 fully saturated rings. The van der Waals surface area contributed by atoms with Crippen molar-refractivity contribution in [2.75, 3.05) is 5.75 Å². The van der Waals surface area contributed by atoms with Gasteiger partial charge in [-0.2, -0.15) is 5.26 Å². The van der Waals surface area contributed by atoms with Crippen LogP contribution in [0.2, 0.25) is 0 Å². The lowest BCUT2D eigenvalue weighted by atomic mass is 10.2. The summed E-state index contributed by atoms with van der Waals surface area (Å²) in [5.74, 6) is -0.573. The van der Waals surface area contributed by atoms with E-state index in [9.17, 15) is 14.4 Å². The fraction of sp³-hybridized carbons (Fsp3) is 0.111. The number of pyridine rings is 1. The lowest BCUT2D eigenvalue weighted by molar-refractivity contribution is -0.141. The lowest BCUT2D eigenvalue weighted by Gasteiger charge is -2.04. The van der Waals surface area contributed by atoms with Gasteiger partial charge in [-0.05, 0) is 36.4 Å². The first-order chi connectivity index (χ1) is 11.7. The van der Waals surface area contributed by atoms with Gasteiger partial charge in [-0.15, -0.1) is 11.8 Å². The molecule has 1 aromatic carbocycles. The maximum atomic E-state index is 12.8. The molecule has 0 N–H and O–H groups in total. The van der Waals surface area contributed by atoms with Crippen molar-refractivity contribution in [3.8, 4) is 6.07 Å². The SMILES string of the molecule is N#Cc1c(COC(=O)CSc2ccc(F)cc2)cn2ccccc12. The van der Waals surface area contributed by atoms with Crippen LogP contribution in [0.1, 0.15) is 11.1 Å². The molecule has 0 saturated heterocycles. The second-order valence-corrected chi connectivity index (χ2v) is 6.09. The van der Waals surface area contributed by atoms with E-state index in [2.05, 4.69) is 6.07 Å². The van der Waals surface area contributed by atoms with Crippen molar-refractivity contribution in [1.82, 2.24) is 4.40 Å². The Morgan fingerprint density at radius 2 is 2.04 bits per heavy atom. The molecule has 0 bridgehead atoms. The summed E-state index contributed by atoms with van der Waals surface area (Å²) in [6.45, 7) is 0.0490. The summed E-state index contributed by atoms with van der Waals surface area (Å²) in [4.78, 5) is 12.7. The van der Waals surface area contributed by atoms with Gasteiger partial charge in [-0.3, -0.25) is 4.79 Å². The van der Waals surface area contributed by atoms with Gasteiger partial charge >= 0.3 is 5.97 Å². The summed E-state index contributed by atoms with van der Waals surface area (Å²) in [6, 6.07) is 13.6. The number of carbonyl (C=O) groups is 1. The summed E-state index contributed by atoms with van der Waals surface area (Å²) in [7, 11) is 0. The zero-order valence-electron chi connectivity index (χ0n) is 12.6. The molecule has 0 aliphatic rings. The molecule has 120 valence electrons. The van der Waals surface area contributed by atoms with Crippen LogP contribution in [0.5, 0.6) is 0 Å². The number of fused-ring (bicyclic) bond motifs is 1. The van der Waals surface area contributed by atoms with E-state index in [1.807, 2.05) is 28.8 Å². The third-order valence-electron chi connectivity index (χ3n) is 3.43. The van der Waals surface area contributed by atoms with Gasteiger partial charge in [0, 0.05) is 22.9 Å². The first-order valence-electron chi connectivity index (χ1n) is 7.20. The number of aromatic nitrogens is 1. The third-order valence-corrected chi connectivity index (χ3v) is 4.42. The van der Waals surface area contributed by atoms with Crippen molar-refractivity contribution in [3.05, 3.63) is 71.8 Å². The van der Waals surface area contributed by atoms with Crippen LogP contribution in [0.3, 0.4) is 0 Å². The molecule has 3 rings (SSSR count). The molecule has 4 nitrogen and oxygen atoms in total. The van der Waals surface area contributed by atoms with E-state index in [0.717, 1.165) is 10.4 Å². The minimum atomic E-state index is -0.386. The molecule has 24 heavy (non-hydrogen) atoms. The fourth-order valence-electron chi connectivity index (χ4n) is 2.29. The van der Waals surface area contributed by atoms with Crippen LogP contribution in [0.4, 0.5) is 4.39 Å². The summed E-state index contributed by atoms with van der Waals surface area (Å²) < 4.78 is 19.9. The summed E-state index contributed by atoms with van der Waals surface area (Å²) in [5.41, 5.74) is 1.96. The number of rotatable bonds is 5. The van der Waals surface area contributed by atoms with Gasteiger partial charge in [0.05, 0.1) is 16.8 Å². The highest BCUT2D eigenvalue weighted by Gasteiger charge is 2.12. The van der Waals surface area contributed by atoms with E-state index in [1.165, 1.54) is 23.9 Å². The standard InChI is InChI=1S/C18H13FN2O2S/c19-14-4-6-15(7-5-14)24-12-18(22)23-11-13-10-21-8-2-1-3-17(21)16(13)9-20/h1-8,10H,11-12H2. The molecular formula is C18H13FN2O2S. The average molecular weight is 340 g/mol. The Labute approximate surface area is 142 Å². The van der Waals surface area contributed by atoms with Gasteiger partial charge in [0.2, 0.25) is 0 Å². The van der Waals surface area contributed by atoms with Crippen LogP contribution in [0, 0.1) is 17.1 Å². The second kappa shape index (κ2) is 7.20. The summed E-state index contributed by atoms with van der Waals surface area (Å²) >= 11 is 1.28. The number of thioether (sulfide) groups is 1. The maximum absolute atomic E-state index is 12.8. The first kappa shape index (κ1) is 16.1. The van der Waals surface area contributed by atoms with Gasteiger partial charge in [0.25, 0.3) is 0 Å². The Morgan fingerprint density at radius 1 is 1.25 bits per heavy atom. The molecule has 0 aliphatic carbocycles. The number of carbonyl (C=O) groups excluding carboxylic acids is 1. The molecule has 0 unspecified atom stereocenters. The quantitative estimate of drug-likeness (QED) is 0.524. The Morgan fingerprint density at radius 3 is 2.79 bits per heavy atom.